The van der Waals surface area contributed by atoms with E-state index in [4.69, 9.17) is 11.8 Å². The predicted molar refractivity (Wildman–Crippen MR) is 167 cm³/mol. The van der Waals surface area contributed by atoms with Gasteiger partial charge in [-0.15, -0.1) is 0 Å². The van der Waals surface area contributed by atoms with Crippen LogP contribution in [0.3, 0.4) is 0 Å². The summed E-state index contributed by atoms with van der Waals surface area (Å²) < 4.78 is 39.2. The van der Waals surface area contributed by atoms with E-state index in [1.807, 2.05) is 44.2 Å². The number of hydrogen-bond acceptors (Lipinski definition) is 4. The van der Waals surface area contributed by atoms with Crippen LogP contribution in [0.25, 0.3) is 10.8 Å². The molecule has 0 heterocycles. The highest BCUT2D eigenvalue weighted by atomic mass is 35.5. The van der Waals surface area contributed by atoms with Crippen molar-refractivity contribution in [2.75, 3.05) is 25.0 Å². The highest BCUT2D eigenvalue weighted by Gasteiger charge is 2.31. The van der Waals surface area contributed by atoms with Gasteiger partial charge in [-0.1, -0.05) is 56.3 Å². The SMILES string of the molecule is CCCN(CCC)C(=O)NCCCC(NCl)C(=O)NC(Cc1ccc(C(F)(F)F)cc1)C(=O)Nc1ccc2ccccc2c1. The van der Waals surface area contributed by atoms with Crippen molar-refractivity contribution in [1.29, 1.82) is 0 Å². The summed E-state index contributed by atoms with van der Waals surface area (Å²) in [7, 11) is 0. The standard InChI is InChI=1S/C32H39ClF3N5O3/c1-3-18-41(19-4-2)31(44)37-17-7-10-27(40-33)29(42)39-28(20-22-11-14-25(15-12-22)32(34,35)36)30(43)38-26-16-13-23-8-5-6-9-24(23)21-26/h5-6,8-9,11-16,21,27-28,40H,3-4,7,10,17-20H2,1-2H3,(H,37,44)(H,38,43)(H,39,42). The molecule has 0 radical (unpaired) electrons. The predicted octanol–water partition coefficient (Wildman–Crippen LogP) is 6.25. The van der Waals surface area contributed by atoms with Gasteiger partial charge in [-0.2, -0.15) is 13.2 Å². The van der Waals surface area contributed by atoms with Crippen molar-refractivity contribution >= 4 is 46.1 Å². The van der Waals surface area contributed by atoms with Gasteiger partial charge in [0.1, 0.15) is 12.1 Å². The first-order valence-corrected chi connectivity index (χ1v) is 15.1. The first-order valence-electron chi connectivity index (χ1n) is 14.7. The molecule has 4 N–H and O–H groups in total. The maximum absolute atomic E-state index is 13.4. The van der Waals surface area contributed by atoms with E-state index in [2.05, 4.69) is 20.8 Å². The first-order chi connectivity index (χ1) is 21.0. The third kappa shape index (κ3) is 10.4. The number of anilines is 1. The Morgan fingerprint density at radius 3 is 2.14 bits per heavy atom. The van der Waals surface area contributed by atoms with Crippen LogP contribution in [0.2, 0.25) is 0 Å². The molecule has 0 saturated carbocycles. The van der Waals surface area contributed by atoms with Crippen LogP contribution < -0.4 is 20.8 Å². The lowest BCUT2D eigenvalue weighted by molar-refractivity contribution is -0.137. The number of urea groups is 1. The zero-order valence-electron chi connectivity index (χ0n) is 24.8. The van der Waals surface area contributed by atoms with Crippen molar-refractivity contribution in [2.24, 2.45) is 0 Å². The Morgan fingerprint density at radius 2 is 1.52 bits per heavy atom. The molecule has 8 nitrogen and oxygen atoms in total. The minimum absolute atomic E-state index is 0.0565. The molecule has 3 aromatic carbocycles. The number of hydrogen-bond donors (Lipinski definition) is 4. The Bertz CT molecular complexity index is 1380. The molecule has 0 aromatic heterocycles. The van der Waals surface area contributed by atoms with Gasteiger partial charge in [-0.05, 0) is 78.1 Å². The van der Waals surface area contributed by atoms with Crippen LogP contribution in [-0.4, -0.2) is 54.5 Å². The number of rotatable bonds is 15. The lowest BCUT2D eigenvalue weighted by Crippen LogP contribution is -2.51. The van der Waals surface area contributed by atoms with E-state index in [0.717, 1.165) is 35.7 Å². The fourth-order valence-corrected chi connectivity index (χ4v) is 4.95. The molecule has 238 valence electrons. The number of nitrogens with one attached hydrogen (secondary N) is 4. The van der Waals surface area contributed by atoms with Gasteiger partial charge < -0.3 is 20.9 Å². The van der Waals surface area contributed by atoms with Crippen LogP contribution in [0.15, 0.2) is 66.7 Å². The van der Waals surface area contributed by atoms with E-state index in [9.17, 15) is 27.6 Å². The zero-order chi connectivity index (χ0) is 32.1. The third-order valence-electron chi connectivity index (χ3n) is 7.04. The van der Waals surface area contributed by atoms with E-state index in [-0.39, 0.29) is 18.9 Å². The van der Waals surface area contributed by atoms with Gasteiger partial charge in [0.2, 0.25) is 11.8 Å². The summed E-state index contributed by atoms with van der Waals surface area (Å²) in [6, 6.07) is 15.3. The average molecular weight is 634 g/mol. The molecular formula is C32H39ClF3N5O3. The third-order valence-corrected chi connectivity index (χ3v) is 7.30. The largest absolute Gasteiger partial charge is 0.416 e. The van der Waals surface area contributed by atoms with Crippen molar-refractivity contribution in [2.45, 2.75) is 64.2 Å². The van der Waals surface area contributed by atoms with Crippen molar-refractivity contribution in [3.8, 4) is 0 Å². The molecule has 0 aliphatic rings. The zero-order valence-corrected chi connectivity index (χ0v) is 25.6. The minimum Gasteiger partial charge on any atom is -0.343 e. The van der Waals surface area contributed by atoms with Crippen LogP contribution in [0.4, 0.5) is 23.7 Å². The van der Waals surface area contributed by atoms with Gasteiger partial charge in [0.25, 0.3) is 0 Å². The number of benzene rings is 3. The molecule has 0 saturated heterocycles. The van der Waals surface area contributed by atoms with Crippen LogP contribution in [0.1, 0.15) is 50.7 Å². The van der Waals surface area contributed by atoms with Crippen molar-refractivity contribution < 1.29 is 27.6 Å². The molecule has 0 aliphatic heterocycles. The second-order valence-corrected chi connectivity index (χ2v) is 10.8. The number of alkyl halides is 3. The second-order valence-electron chi connectivity index (χ2n) is 10.5. The Morgan fingerprint density at radius 1 is 0.864 bits per heavy atom. The van der Waals surface area contributed by atoms with Crippen LogP contribution >= 0.6 is 11.8 Å². The molecule has 2 atom stereocenters. The maximum atomic E-state index is 13.4. The quantitative estimate of drug-likeness (QED) is 0.117. The van der Waals surface area contributed by atoms with Crippen molar-refractivity contribution in [3.63, 3.8) is 0 Å². The highest BCUT2D eigenvalue weighted by Crippen LogP contribution is 2.29. The molecule has 0 bridgehead atoms. The highest BCUT2D eigenvalue weighted by molar-refractivity contribution is 6.15. The Hall–Kier alpha value is -3.83. The number of nitrogens with zero attached hydrogens (tertiary/aromatic N) is 1. The number of carbonyl (C=O) groups is 3. The van der Waals surface area contributed by atoms with Gasteiger partial charge in [0.15, 0.2) is 0 Å². The number of amides is 4. The summed E-state index contributed by atoms with van der Waals surface area (Å²) in [6.45, 7) is 5.62. The number of fused-ring (bicyclic) bond motifs is 1. The number of halogens is 4. The van der Waals surface area contributed by atoms with Gasteiger partial charge in [-0.25, -0.2) is 9.63 Å². The molecule has 0 aliphatic carbocycles. The van der Waals surface area contributed by atoms with Gasteiger partial charge >= 0.3 is 12.2 Å². The van der Waals surface area contributed by atoms with E-state index >= 15 is 0 Å². The summed E-state index contributed by atoms with van der Waals surface area (Å²) in [5.41, 5.74) is 0.121. The van der Waals surface area contributed by atoms with Gasteiger partial charge in [0.05, 0.1) is 5.56 Å². The fraction of sp³-hybridized carbons (Fsp3) is 0.406. The van der Waals surface area contributed by atoms with Crippen LogP contribution in [0.5, 0.6) is 0 Å². The fourth-order valence-electron chi connectivity index (χ4n) is 4.75. The van der Waals surface area contributed by atoms with Gasteiger partial charge in [0, 0.05) is 31.7 Å². The van der Waals surface area contributed by atoms with E-state index in [1.165, 1.54) is 12.1 Å². The lowest BCUT2D eigenvalue weighted by atomic mass is 10.0. The van der Waals surface area contributed by atoms with Crippen molar-refractivity contribution in [1.82, 2.24) is 20.4 Å². The van der Waals surface area contributed by atoms with Crippen LogP contribution in [0, 0.1) is 0 Å². The molecule has 0 spiro atoms. The summed E-state index contributed by atoms with van der Waals surface area (Å²) >= 11 is 5.89. The molecule has 44 heavy (non-hydrogen) atoms. The lowest BCUT2D eigenvalue weighted by Gasteiger charge is -2.23. The second kappa shape index (κ2) is 16.9. The topological polar surface area (TPSA) is 103 Å². The average Bonchev–Trinajstić information content (AvgIpc) is 3.00. The van der Waals surface area contributed by atoms with E-state index in [0.29, 0.717) is 37.3 Å². The Labute approximate surface area is 260 Å². The molecule has 0 fully saturated rings. The molecule has 4 amide bonds. The smallest absolute Gasteiger partial charge is 0.343 e. The molecule has 3 aromatic rings. The Balaban J connectivity index is 1.68. The van der Waals surface area contributed by atoms with Gasteiger partial charge in [-0.3, -0.25) is 9.59 Å². The monoisotopic (exact) mass is 633 g/mol. The first kappa shape index (κ1) is 34.7. The maximum Gasteiger partial charge on any atom is 0.416 e. The van der Waals surface area contributed by atoms with E-state index in [1.54, 1.807) is 17.0 Å². The normalized spacial score (nSPS) is 12.8. The number of carbonyl (C=O) groups excluding carboxylic acids is 3. The molecule has 3 rings (SSSR count). The van der Waals surface area contributed by atoms with Crippen molar-refractivity contribution in [3.05, 3.63) is 77.9 Å². The summed E-state index contributed by atoms with van der Waals surface area (Å²) in [5.74, 6) is -1.10. The summed E-state index contributed by atoms with van der Waals surface area (Å²) in [5, 5.41) is 10.3. The molecular weight excluding hydrogens is 595 g/mol. The van der Waals surface area contributed by atoms with E-state index < -0.39 is 35.6 Å². The van der Waals surface area contributed by atoms with Crippen LogP contribution in [-0.2, 0) is 22.2 Å². The summed E-state index contributed by atoms with van der Waals surface area (Å²) in [6.07, 6.45) is -2.18. The Kier molecular flexibility index (Phi) is 13.3. The molecule has 12 heteroatoms. The summed E-state index contributed by atoms with van der Waals surface area (Å²) in [4.78, 5) is 43.3. The molecule has 2 unspecified atom stereocenters. The minimum atomic E-state index is -4.50.